The molecule has 1 aliphatic heterocycles. The van der Waals surface area contributed by atoms with E-state index in [4.69, 9.17) is 0 Å². The summed E-state index contributed by atoms with van der Waals surface area (Å²) in [5, 5.41) is 5.27. The third-order valence-electron chi connectivity index (χ3n) is 5.32. The molecule has 7 nitrogen and oxygen atoms in total. The summed E-state index contributed by atoms with van der Waals surface area (Å²) < 4.78 is 24.9. The van der Waals surface area contributed by atoms with E-state index in [1.807, 2.05) is 30.3 Å². The zero-order valence-electron chi connectivity index (χ0n) is 16.0. The summed E-state index contributed by atoms with van der Waals surface area (Å²) in [5.74, 6) is -0.349. The van der Waals surface area contributed by atoms with Gasteiger partial charge >= 0.3 is 0 Å². The van der Waals surface area contributed by atoms with Gasteiger partial charge in [0.1, 0.15) is 0 Å². The number of sulfone groups is 1. The first-order chi connectivity index (χ1) is 13.9. The van der Waals surface area contributed by atoms with Crippen molar-refractivity contribution in [3.05, 3.63) is 76.2 Å². The highest BCUT2D eigenvalue weighted by Crippen LogP contribution is 2.21. The fourth-order valence-corrected chi connectivity index (χ4v) is 5.44. The van der Waals surface area contributed by atoms with Crippen LogP contribution in [0.25, 0.3) is 10.8 Å². The highest BCUT2D eigenvalue weighted by Gasteiger charge is 2.34. The zero-order valence-corrected chi connectivity index (χ0v) is 16.8. The predicted octanol–water partition coefficient (Wildman–Crippen LogP) is 1.70. The fraction of sp³-hybridized carbons (Fsp3) is 0.286. The van der Waals surface area contributed by atoms with E-state index in [9.17, 15) is 18.0 Å². The molecule has 1 aliphatic rings. The van der Waals surface area contributed by atoms with Crippen molar-refractivity contribution in [3.8, 4) is 0 Å². The Morgan fingerprint density at radius 3 is 2.41 bits per heavy atom. The van der Waals surface area contributed by atoms with Gasteiger partial charge < -0.3 is 4.90 Å². The molecule has 0 N–H and O–H groups in total. The van der Waals surface area contributed by atoms with Crippen molar-refractivity contribution in [2.75, 3.05) is 18.6 Å². The summed E-state index contributed by atoms with van der Waals surface area (Å²) in [6.07, 6.45) is 0.409. The lowest BCUT2D eigenvalue weighted by Crippen LogP contribution is -2.39. The van der Waals surface area contributed by atoms with Crippen molar-refractivity contribution in [1.82, 2.24) is 14.7 Å². The molecule has 0 aliphatic carbocycles. The van der Waals surface area contributed by atoms with Crippen LogP contribution in [0.1, 0.15) is 22.5 Å². The van der Waals surface area contributed by atoms with E-state index < -0.39 is 9.84 Å². The Hall–Kier alpha value is -3.00. The molecule has 1 fully saturated rings. The lowest BCUT2D eigenvalue weighted by atomic mass is 10.1. The van der Waals surface area contributed by atoms with Crippen LogP contribution in [0.3, 0.4) is 0 Å². The summed E-state index contributed by atoms with van der Waals surface area (Å²) in [6, 6.07) is 15.9. The van der Waals surface area contributed by atoms with Gasteiger partial charge in [-0.2, -0.15) is 5.10 Å². The fourth-order valence-electron chi connectivity index (χ4n) is 3.67. The first kappa shape index (κ1) is 19.3. The molecule has 150 valence electrons. The molecule has 0 spiro atoms. The minimum atomic E-state index is -3.12. The highest BCUT2D eigenvalue weighted by atomic mass is 32.2. The molecule has 3 aromatic rings. The molecule has 1 saturated heterocycles. The van der Waals surface area contributed by atoms with Gasteiger partial charge in [0.25, 0.3) is 11.5 Å². The molecule has 0 unspecified atom stereocenters. The quantitative estimate of drug-likeness (QED) is 0.652. The van der Waals surface area contributed by atoms with Crippen molar-refractivity contribution < 1.29 is 13.2 Å². The number of hydrogen-bond acceptors (Lipinski definition) is 5. The van der Waals surface area contributed by atoms with Crippen molar-refractivity contribution in [3.63, 3.8) is 0 Å². The van der Waals surface area contributed by atoms with Crippen LogP contribution in [0.5, 0.6) is 0 Å². The number of benzene rings is 2. The van der Waals surface area contributed by atoms with Gasteiger partial charge in [-0.3, -0.25) is 9.59 Å². The normalized spacial score (nSPS) is 18.0. The second-order valence-corrected chi connectivity index (χ2v) is 9.54. The smallest absolute Gasteiger partial charge is 0.274 e. The van der Waals surface area contributed by atoms with E-state index in [-0.39, 0.29) is 41.3 Å². The maximum atomic E-state index is 13.2. The van der Waals surface area contributed by atoms with Gasteiger partial charge in [-0.05, 0) is 18.1 Å². The van der Waals surface area contributed by atoms with Crippen LogP contribution in [0.15, 0.2) is 59.4 Å². The Morgan fingerprint density at radius 2 is 1.76 bits per heavy atom. The predicted molar refractivity (Wildman–Crippen MR) is 111 cm³/mol. The van der Waals surface area contributed by atoms with Crippen LogP contribution < -0.4 is 5.56 Å². The Bertz CT molecular complexity index is 1240. The summed E-state index contributed by atoms with van der Waals surface area (Å²) >= 11 is 0. The van der Waals surface area contributed by atoms with Crippen LogP contribution in [0.2, 0.25) is 0 Å². The first-order valence-corrected chi connectivity index (χ1v) is 11.2. The van der Waals surface area contributed by atoms with Gasteiger partial charge in [-0.15, -0.1) is 0 Å². The molecule has 8 heteroatoms. The topological polar surface area (TPSA) is 89.3 Å². The van der Waals surface area contributed by atoms with Crippen molar-refractivity contribution in [1.29, 1.82) is 0 Å². The lowest BCUT2D eigenvalue weighted by molar-refractivity contribution is 0.0741. The average molecular weight is 411 g/mol. The molecular formula is C21H21N3O4S. The van der Waals surface area contributed by atoms with Crippen LogP contribution in [-0.2, 0) is 16.4 Å². The molecule has 1 aromatic heterocycles. The summed E-state index contributed by atoms with van der Waals surface area (Å²) in [7, 11) is -1.53. The number of aromatic nitrogens is 2. The molecule has 1 amide bonds. The Kier molecular flexibility index (Phi) is 4.96. The zero-order chi connectivity index (χ0) is 20.6. The van der Waals surface area contributed by atoms with Crippen molar-refractivity contribution in [2.45, 2.75) is 19.0 Å². The Balaban J connectivity index is 1.78. The van der Waals surface area contributed by atoms with Crippen molar-refractivity contribution in [2.24, 2.45) is 0 Å². The van der Waals surface area contributed by atoms with Gasteiger partial charge in [0.15, 0.2) is 15.5 Å². The van der Waals surface area contributed by atoms with Crippen LogP contribution in [-0.4, -0.2) is 53.6 Å². The van der Waals surface area contributed by atoms with E-state index in [1.54, 1.807) is 31.3 Å². The number of hydrogen-bond donors (Lipinski definition) is 0. The monoisotopic (exact) mass is 411 g/mol. The van der Waals surface area contributed by atoms with E-state index >= 15 is 0 Å². The molecular weight excluding hydrogens is 390 g/mol. The molecule has 0 bridgehead atoms. The Labute approximate surface area is 168 Å². The average Bonchev–Trinajstić information content (AvgIpc) is 3.09. The summed E-state index contributed by atoms with van der Waals surface area (Å²) in [5.41, 5.74) is 0.779. The maximum Gasteiger partial charge on any atom is 0.274 e. The molecule has 2 aromatic carbocycles. The van der Waals surface area contributed by atoms with E-state index in [1.165, 1.54) is 9.58 Å². The third kappa shape index (κ3) is 3.80. The molecule has 0 saturated carbocycles. The lowest BCUT2D eigenvalue weighted by Gasteiger charge is -2.23. The second-order valence-electron chi connectivity index (χ2n) is 7.32. The van der Waals surface area contributed by atoms with Gasteiger partial charge in [-0.25, -0.2) is 13.1 Å². The Morgan fingerprint density at radius 1 is 1.10 bits per heavy atom. The number of carbonyl (C=O) groups excluding carboxylic acids is 1. The molecule has 0 radical (unpaired) electrons. The first-order valence-electron chi connectivity index (χ1n) is 9.37. The summed E-state index contributed by atoms with van der Waals surface area (Å²) in [4.78, 5) is 27.6. The van der Waals surface area contributed by atoms with Crippen molar-refractivity contribution >= 4 is 26.5 Å². The number of fused-ring (bicyclic) bond motifs is 1. The minimum absolute atomic E-state index is 0.0448. The SMILES string of the molecule is CN(C(=O)c1nn(Cc2ccccc2)c(=O)c2ccccc12)[C@@H]1CCS(=O)(=O)C1. The minimum Gasteiger partial charge on any atom is -0.336 e. The number of carbonyl (C=O) groups is 1. The van der Waals surface area contributed by atoms with Gasteiger partial charge in [0, 0.05) is 18.5 Å². The van der Waals surface area contributed by atoms with E-state index in [0.29, 0.717) is 17.2 Å². The molecule has 2 heterocycles. The van der Waals surface area contributed by atoms with Crippen LogP contribution in [0.4, 0.5) is 0 Å². The van der Waals surface area contributed by atoms with E-state index in [0.717, 1.165) is 5.56 Å². The van der Waals surface area contributed by atoms with Crippen LogP contribution in [0, 0.1) is 0 Å². The van der Waals surface area contributed by atoms with E-state index in [2.05, 4.69) is 5.10 Å². The maximum absolute atomic E-state index is 13.2. The summed E-state index contributed by atoms with van der Waals surface area (Å²) in [6.45, 7) is 0.242. The number of rotatable bonds is 4. The third-order valence-corrected chi connectivity index (χ3v) is 7.07. The van der Waals surface area contributed by atoms with Gasteiger partial charge in [0.2, 0.25) is 0 Å². The molecule has 4 rings (SSSR count). The second kappa shape index (κ2) is 7.44. The standard InChI is InChI=1S/C21H21N3O4S/c1-23(16-11-12-29(27,28)14-16)21(26)19-17-9-5-6-10-18(17)20(25)24(22-19)13-15-7-3-2-4-8-15/h2-10,16H,11-14H2,1H3/t16-/m1/s1. The highest BCUT2D eigenvalue weighted by molar-refractivity contribution is 7.91. The van der Waals surface area contributed by atoms with Gasteiger partial charge in [-0.1, -0.05) is 48.5 Å². The number of amides is 1. The van der Waals surface area contributed by atoms with Crippen LogP contribution >= 0.6 is 0 Å². The molecule has 1 atom stereocenters. The molecule has 29 heavy (non-hydrogen) atoms. The largest absolute Gasteiger partial charge is 0.336 e. The number of nitrogens with zero attached hydrogens (tertiary/aromatic N) is 3. The van der Waals surface area contributed by atoms with Gasteiger partial charge in [0.05, 0.1) is 23.4 Å².